The molecule has 1 fully saturated rings. The van der Waals surface area contributed by atoms with Crippen LogP contribution in [0.5, 0.6) is 0 Å². The van der Waals surface area contributed by atoms with Gasteiger partial charge < -0.3 is 4.90 Å². The highest BCUT2D eigenvalue weighted by atomic mass is 32.2. The van der Waals surface area contributed by atoms with Crippen LogP contribution in [-0.2, 0) is 11.3 Å². The Kier molecular flexibility index (Phi) is 5.78. The van der Waals surface area contributed by atoms with Gasteiger partial charge in [-0.1, -0.05) is 42.5 Å². The fourth-order valence-electron chi connectivity index (χ4n) is 2.92. The van der Waals surface area contributed by atoms with Gasteiger partial charge >= 0.3 is 0 Å². The molecule has 0 saturated carbocycles. The summed E-state index contributed by atoms with van der Waals surface area (Å²) in [6.07, 6.45) is 1.79. The Morgan fingerprint density at radius 3 is 2.23 bits per heavy atom. The van der Waals surface area contributed by atoms with Crippen molar-refractivity contribution in [3.63, 3.8) is 0 Å². The summed E-state index contributed by atoms with van der Waals surface area (Å²) in [5, 5.41) is -0.218. The van der Waals surface area contributed by atoms with Gasteiger partial charge in [-0.05, 0) is 54.9 Å². The van der Waals surface area contributed by atoms with Crippen LogP contribution in [0.25, 0.3) is 6.08 Å². The molecular formula is C21H22N2O2S. The van der Waals surface area contributed by atoms with Crippen LogP contribution in [0.15, 0.2) is 59.5 Å². The highest BCUT2D eigenvalue weighted by Crippen LogP contribution is 2.33. The molecule has 3 rings (SSSR count). The van der Waals surface area contributed by atoms with Crippen LogP contribution in [0, 0.1) is 0 Å². The minimum atomic E-state index is -0.225. The lowest BCUT2D eigenvalue weighted by Crippen LogP contribution is -2.27. The Morgan fingerprint density at radius 2 is 1.62 bits per heavy atom. The van der Waals surface area contributed by atoms with Crippen molar-refractivity contribution in [3.8, 4) is 0 Å². The first-order valence-corrected chi connectivity index (χ1v) is 9.58. The molecule has 1 heterocycles. The third-order valence-electron chi connectivity index (χ3n) is 4.38. The second-order valence-electron chi connectivity index (χ2n) is 6.02. The summed E-state index contributed by atoms with van der Waals surface area (Å²) in [6.45, 7) is 6.46. The van der Waals surface area contributed by atoms with E-state index >= 15 is 0 Å². The van der Waals surface area contributed by atoms with Gasteiger partial charge in [-0.25, -0.2) is 0 Å². The number of imide groups is 1. The fraction of sp³-hybridized carbons (Fsp3) is 0.238. The number of benzene rings is 2. The number of carbonyl (C=O) groups excluding carboxylic acids is 2. The van der Waals surface area contributed by atoms with Gasteiger partial charge in [0.1, 0.15) is 0 Å². The van der Waals surface area contributed by atoms with Crippen molar-refractivity contribution in [2.24, 2.45) is 0 Å². The van der Waals surface area contributed by atoms with E-state index in [2.05, 4.69) is 18.7 Å². The van der Waals surface area contributed by atoms with E-state index < -0.39 is 0 Å². The van der Waals surface area contributed by atoms with Crippen LogP contribution in [0.4, 0.5) is 10.5 Å². The zero-order valence-corrected chi connectivity index (χ0v) is 15.8. The average molecular weight is 366 g/mol. The van der Waals surface area contributed by atoms with Gasteiger partial charge in [0, 0.05) is 18.8 Å². The summed E-state index contributed by atoms with van der Waals surface area (Å²) < 4.78 is 0. The Balaban J connectivity index is 1.75. The zero-order valence-electron chi connectivity index (χ0n) is 15.0. The molecule has 1 saturated heterocycles. The minimum Gasteiger partial charge on any atom is -0.372 e. The second-order valence-corrected chi connectivity index (χ2v) is 7.01. The summed E-state index contributed by atoms with van der Waals surface area (Å²) in [4.78, 5) is 28.9. The molecule has 0 N–H and O–H groups in total. The molecule has 0 spiro atoms. The van der Waals surface area contributed by atoms with E-state index in [1.165, 1.54) is 4.90 Å². The Labute approximate surface area is 158 Å². The average Bonchev–Trinajstić information content (AvgIpc) is 2.92. The monoisotopic (exact) mass is 366 g/mol. The van der Waals surface area contributed by atoms with Crippen LogP contribution in [0.2, 0.25) is 0 Å². The number of anilines is 1. The number of nitrogens with zero attached hydrogens (tertiary/aromatic N) is 2. The first-order valence-electron chi connectivity index (χ1n) is 8.76. The molecular weight excluding hydrogens is 344 g/mol. The molecule has 0 bridgehead atoms. The van der Waals surface area contributed by atoms with Gasteiger partial charge in [0.25, 0.3) is 11.1 Å². The standard InChI is InChI=1S/C21H22N2O2S/c1-3-22(4-2)18-12-10-16(11-13-18)14-19-20(24)23(21(25)26-19)15-17-8-6-5-7-9-17/h5-14H,3-4,15H2,1-2H3/b19-14-. The molecule has 2 amide bonds. The summed E-state index contributed by atoms with van der Waals surface area (Å²) in [5.74, 6) is -0.225. The molecule has 0 aromatic heterocycles. The first kappa shape index (κ1) is 18.3. The summed E-state index contributed by atoms with van der Waals surface area (Å²) >= 11 is 1.00. The lowest BCUT2D eigenvalue weighted by molar-refractivity contribution is -0.123. The molecule has 2 aromatic carbocycles. The molecule has 0 atom stereocenters. The Bertz CT molecular complexity index is 812. The van der Waals surface area contributed by atoms with Gasteiger partial charge in [0.05, 0.1) is 11.4 Å². The fourth-order valence-corrected chi connectivity index (χ4v) is 3.76. The van der Waals surface area contributed by atoms with Gasteiger partial charge in [0.2, 0.25) is 0 Å². The van der Waals surface area contributed by atoms with Crippen molar-refractivity contribution >= 4 is 34.7 Å². The molecule has 4 nitrogen and oxygen atoms in total. The molecule has 26 heavy (non-hydrogen) atoms. The Morgan fingerprint density at radius 1 is 0.962 bits per heavy atom. The summed E-state index contributed by atoms with van der Waals surface area (Å²) in [6, 6.07) is 17.6. The van der Waals surface area contributed by atoms with E-state index in [1.807, 2.05) is 54.6 Å². The number of hydrogen-bond acceptors (Lipinski definition) is 4. The second kappa shape index (κ2) is 8.23. The van der Waals surface area contributed by atoms with E-state index in [0.717, 1.165) is 41.7 Å². The number of rotatable bonds is 6. The van der Waals surface area contributed by atoms with Crippen LogP contribution < -0.4 is 4.90 Å². The van der Waals surface area contributed by atoms with Crippen molar-refractivity contribution in [3.05, 3.63) is 70.6 Å². The number of thioether (sulfide) groups is 1. The van der Waals surface area contributed by atoms with Crippen LogP contribution in [0.1, 0.15) is 25.0 Å². The highest BCUT2D eigenvalue weighted by Gasteiger charge is 2.34. The van der Waals surface area contributed by atoms with E-state index in [-0.39, 0.29) is 11.1 Å². The summed E-state index contributed by atoms with van der Waals surface area (Å²) in [5.41, 5.74) is 3.02. The van der Waals surface area contributed by atoms with Crippen molar-refractivity contribution in [2.75, 3.05) is 18.0 Å². The largest absolute Gasteiger partial charge is 0.372 e. The third kappa shape index (κ3) is 3.99. The van der Waals surface area contributed by atoms with E-state index in [9.17, 15) is 9.59 Å². The van der Waals surface area contributed by atoms with Crippen LogP contribution in [-0.4, -0.2) is 29.1 Å². The predicted octanol–water partition coefficient (Wildman–Crippen LogP) is 4.77. The van der Waals surface area contributed by atoms with E-state index in [0.29, 0.717) is 11.4 Å². The van der Waals surface area contributed by atoms with Crippen molar-refractivity contribution < 1.29 is 9.59 Å². The third-order valence-corrected chi connectivity index (χ3v) is 5.28. The van der Waals surface area contributed by atoms with Crippen molar-refractivity contribution in [1.29, 1.82) is 0 Å². The van der Waals surface area contributed by atoms with Crippen LogP contribution in [0.3, 0.4) is 0 Å². The van der Waals surface area contributed by atoms with Crippen molar-refractivity contribution in [1.82, 2.24) is 4.90 Å². The van der Waals surface area contributed by atoms with Crippen LogP contribution >= 0.6 is 11.8 Å². The molecule has 0 unspecified atom stereocenters. The van der Waals surface area contributed by atoms with Gasteiger partial charge in [-0.2, -0.15) is 0 Å². The molecule has 1 aliphatic heterocycles. The number of amides is 2. The minimum absolute atomic E-state index is 0.218. The SMILES string of the molecule is CCN(CC)c1ccc(/C=C2\SC(=O)N(Cc3ccccc3)C2=O)cc1. The van der Waals surface area contributed by atoms with E-state index in [4.69, 9.17) is 0 Å². The number of carbonyl (C=O) groups is 2. The van der Waals surface area contributed by atoms with Gasteiger partial charge in [0.15, 0.2) is 0 Å². The molecule has 134 valence electrons. The summed E-state index contributed by atoms with van der Waals surface area (Å²) in [7, 11) is 0. The Hall–Kier alpha value is -2.53. The van der Waals surface area contributed by atoms with Gasteiger partial charge in [-0.15, -0.1) is 0 Å². The maximum atomic E-state index is 12.6. The quantitative estimate of drug-likeness (QED) is 0.691. The maximum absolute atomic E-state index is 12.6. The van der Waals surface area contributed by atoms with Gasteiger partial charge in [-0.3, -0.25) is 14.5 Å². The van der Waals surface area contributed by atoms with Crippen molar-refractivity contribution in [2.45, 2.75) is 20.4 Å². The molecule has 0 radical (unpaired) electrons. The smallest absolute Gasteiger partial charge is 0.293 e. The molecule has 5 heteroatoms. The molecule has 2 aromatic rings. The molecule has 0 aliphatic carbocycles. The lowest BCUT2D eigenvalue weighted by Gasteiger charge is -2.20. The predicted molar refractivity (Wildman–Crippen MR) is 108 cm³/mol. The zero-order chi connectivity index (χ0) is 18.5. The van der Waals surface area contributed by atoms with E-state index in [1.54, 1.807) is 6.08 Å². The normalized spacial score (nSPS) is 15.8. The maximum Gasteiger partial charge on any atom is 0.293 e. The number of hydrogen-bond donors (Lipinski definition) is 0. The highest BCUT2D eigenvalue weighted by molar-refractivity contribution is 8.18. The lowest BCUT2D eigenvalue weighted by atomic mass is 10.1. The first-order chi connectivity index (χ1) is 12.6. The molecule has 1 aliphatic rings. The topological polar surface area (TPSA) is 40.6 Å².